The molecule has 3 heteroatoms. The second-order valence-electron chi connectivity index (χ2n) is 2.49. The molecule has 2 N–H and O–H groups in total. The second kappa shape index (κ2) is 3.44. The maximum Gasteiger partial charge on any atom is 0.0636 e. The minimum atomic E-state index is -0.199. The zero-order valence-corrected chi connectivity index (χ0v) is 6.45. The number of aliphatic hydroxyl groups excluding tert-OH is 1. The monoisotopic (exact) mass is 147 g/mol. The Hall–Kier alpha value is 0.270. The first-order chi connectivity index (χ1) is 4.29. The third-order valence-corrected chi connectivity index (χ3v) is 2.62. The zero-order chi connectivity index (χ0) is 6.69. The van der Waals surface area contributed by atoms with Crippen LogP contribution in [-0.4, -0.2) is 35.3 Å². The molecule has 0 aliphatic carbocycles. The number of nitrogens with one attached hydrogen (secondary N) is 1. The van der Waals surface area contributed by atoms with Crippen LogP contribution in [0.1, 0.15) is 6.92 Å². The molecule has 0 amide bonds. The Labute approximate surface area is 60.0 Å². The van der Waals surface area contributed by atoms with Gasteiger partial charge < -0.3 is 10.4 Å². The SMILES string of the molecule is C[C@H](O)CNC1CSC1. The van der Waals surface area contributed by atoms with Crippen molar-refractivity contribution in [3.63, 3.8) is 0 Å². The minimum absolute atomic E-state index is 0.199. The van der Waals surface area contributed by atoms with Gasteiger partial charge in [0, 0.05) is 24.1 Å². The Morgan fingerprint density at radius 2 is 2.44 bits per heavy atom. The van der Waals surface area contributed by atoms with Crippen LogP contribution in [0.4, 0.5) is 0 Å². The van der Waals surface area contributed by atoms with E-state index in [1.807, 2.05) is 11.8 Å². The van der Waals surface area contributed by atoms with Crippen molar-refractivity contribution in [1.29, 1.82) is 0 Å². The van der Waals surface area contributed by atoms with Crippen LogP contribution in [0.3, 0.4) is 0 Å². The summed E-state index contributed by atoms with van der Waals surface area (Å²) in [6, 6.07) is 0.671. The lowest BCUT2D eigenvalue weighted by Gasteiger charge is -2.26. The van der Waals surface area contributed by atoms with Crippen molar-refractivity contribution in [3.05, 3.63) is 0 Å². The molecule has 1 aliphatic rings. The van der Waals surface area contributed by atoms with Crippen LogP contribution in [-0.2, 0) is 0 Å². The quantitative estimate of drug-likeness (QED) is 0.592. The Bertz CT molecular complexity index is 83.1. The van der Waals surface area contributed by atoms with Gasteiger partial charge in [0.05, 0.1) is 6.10 Å². The highest BCUT2D eigenvalue weighted by atomic mass is 32.2. The highest BCUT2D eigenvalue weighted by Crippen LogP contribution is 2.16. The molecule has 0 spiro atoms. The summed E-state index contributed by atoms with van der Waals surface area (Å²) in [5, 5.41) is 12.1. The fraction of sp³-hybridized carbons (Fsp3) is 1.00. The molecule has 0 saturated carbocycles. The molecule has 0 bridgehead atoms. The van der Waals surface area contributed by atoms with E-state index in [9.17, 15) is 0 Å². The molecule has 1 atom stereocenters. The van der Waals surface area contributed by atoms with E-state index in [1.165, 1.54) is 11.5 Å². The van der Waals surface area contributed by atoms with E-state index in [1.54, 1.807) is 6.92 Å². The van der Waals surface area contributed by atoms with Gasteiger partial charge in [0.25, 0.3) is 0 Å². The fourth-order valence-electron chi connectivity index (χ4n) is 0.691. The van der Waals surface area contributed by atoms with Crippen molar-refractivity contribution in [2.45, 2.75) is 19.1 Å². The van der Waals surface area contributed by atoms with Crippen molar-refractivity contribution in [1.82, 2.24) is 5.32 Å². The molecular formula is C6H13NOS. The molecule has 1 fully saturated rings. The molecule has 0 radical (unpaired) electrons. The first kappa shape index (κ1) is 7.38. The van der Waals surface area contributed by atoms with Crippen molar-refractivity contribution in [2.75, 3.05) is 18.1 Å². The van der Waals surface area contributed by atoms with Gasteiger partial charge in [-0.25, -0.2) is 0 Å². The van der Waals surface area contributed by atoms with Crippen LogP contribution in [0, 0.1) is 0 Å². The summed E-state index contributed by atoms with van der Waals surface area (Å²) >= 11 is 1.95. The molecule has 0 aromatic rings. The smallest absolute Gasteiger partial charge is 0.0636 e. The normalized spacial score (nSPS) is 23.3. The molecule has 0 unspecified atom stereocenters. The number of thioether (sulfide) groups is 1. The van der Waals surface area contributed by atoms with Gasteiger partial charge in [-0.2, -0.15) is 11.8 Å². The average molecular weight is 147 g/mol. The first-order valence-electron chi connectivity index (χ1n) is 3.28. The molecule has 1 heterocycles. The van der Waals surface area contributed by atoms with Crippen molar-refractivity contribution in [3.8, 4) is 0 Å². The molecule has 0 aromatic carbocycles. The van der Waals surface area contributed by atoms with E-state index in [0.29, 0.717) is 6.04 Å². The van der Waals surface area contributed by atoms with Crippen LogP contribution in [0.25, 0.3) is 0 Å². The van der Waals surface area contributed by atoms with Crippen LogP contribution in [0.2, 0.25) is 0 Å². The van der Waals surface area contributed by atoms with Crippen LogP contribution in [0.15, 0.2) is 0 Å². The predicted molar refractivity (Wildman–Crippen MR) is 40.8 cm³/mol. The van der Waals surface area contributed by atoms with E-state index >= 15 is 0 Å². The average Bonchev–Trinajstić information content (AvgIpc) is 1.60. The summed E-state index contributed by atoms with van der Waals surface area (Å²) in [6.45, 7) is 2.55. The summed E-state index contributed by atoms with van der Waals surface area (Å²) in [5.41, 5.74) is 0. The van der Waals surface area contributed by atoms with E-state index in [0.717, 1.165) is 6.54 Å². The third kappa shape index (κ3) is 2.56. The van der Waals surface area contributed by atoms with Gasteiger partial charge in [-0.15, -0.1) is 0 Å². The van der Waals surface area contributed by atoms with E-state index in [4.69, 9.17) is 5.11 Å². The van der Waals surface area contributed by atoms with Gasteiger partial charge in [0.15, 0.2) is 0 Å². The largest absolute Gasteiger partial charge is 0.392 e. The molecule has 0 aromatic heterocycles. The Morgan fingerprint density at radius 1 is 1.78 bits per heavy atom. The number of aliphatic hydroxyl groups is 1. The van der Waals surface area contributed by atoms with Crippen molar-refractivity contribution >= 4 is 11.8 Å². The predicted octanol–water partition coefficient (Wildman–Crippen LogP) is 0.0722. The Kier molecular flexibility index (Phi) is 2.82. The molecule has 2 nitrogen and oxygen atoms in total. The van der Waals surface area contributed by atoms with E-state index < -0.39 is 0 Å². The topological polar surface area (TPSA) is 32.3 Å². The van der Waals surface area contributed by atoms with Gasteiger partial charge >= 0.3 is 0 Å². The summed E-state index contributed by atoms with van der Waals surface area (Å²) in [7, 11) is 0. The molecular weight excluding hydrogens is 134 g/mol. The van der Waals surface area contributed by atoms with Crippen molar-refractivity contribution in [2.24, 2.45) is 0 Å². The highest BCUT2D eigenvalue weighted by molar-refractivity contribution is 8.00. The summed E-state index contributed by atoms with van der Waals surface area (Å²) in [5.74, 6) is 2.43. The van der Waals surface area contributed by atoms with Crippen LogP contribution in [0.5, 0.6) is 0 Å². The van der Waals surface area contributed by atoms with Gasteiger partial charge in [-0.05, 0) is 6.92 Å². The second-order valence-corrected chi connectivity index (χ2v) is 3.57. The number of rotatable bonds is 3. The fourth-order valence-corrected chi connectivity index (χ4v) is 1.40. The highest BCUT2D eigenvalue weighted by Gasteiger charge is 2.16. The zero-order valence-electron chi connectivity index (χ0n) is 5.63. The van der Waals surface area contributed by atoms with E-state index in [2.05, 4.69) is 5.32 Å². The number of hydrogen-bond donors (Lipinski definition) is 2. The lowest BCUT2D eigenvalue weighted by molar-refractivity contribution is 0.188. The molecule has 1 saturated heterocycles. The van der Waals surface area contributed by atoms with Gasteiger partial charge in [0.2, 0.25) is 0 Å². The Balaban J connectivity index is 1.91. The maximum absolute atomic E-state index is 8.85. The molecule has 9 heavy (non-hydrogen) atoms. The van der Waals surface area contributed by atoms with Crippen LogP contribution >= 0.6 is 11.8 Å². The lowest BCUT2D eigenvalue weighted by Crippen LogP contribution is -2.43. The maximum atomic E-state index is 8.85. The van der Waals surface area contributed by atoms with Gasteiger partial charge in [-0.1, -0.05) is 0 Å². The van der Waals surface area contributed by atoms with Crippen molar-refractivity contribution < 1.29 is 5.11 Å². The lowest BCUT2D eigenvalue weighted by atomic mass is 10.3. The Morgan fingerprint density at radius 3 is 2.78 bits per heavy atom. The van der Waals surface area contributed by atoms with Crippen LogP contribution < -0.4 is 5.32 Å². The molecule has 1 aliphatic heterocycles. The standard InChI is InChI=1S/C6H13NOS/c1-5(8)2-7-6-3-9-4-6/h5-8H,2-4H2,1H3/t5-/m0/s1. The van der Waals surface area contributed by atoms with Gasteiger partial charge in [0.1, 0.15) is 0 Å². The minimum Gasteiger partial charge on any atom is -0.392 e. The van der Waals surface area contributed by atoms with E-state index in [-0.39, 0.29) is 6.10 Å². The first-order valence-corrected chi connectivity index (χ1v) is 4.43. The van der Waals surface area contributed by atoms with Gasteiger partial charge in [-0.3, -0.25) is 0 Å². The summed E-state index contributed by atoms with van der Waals surface area (Å²) < 4.78 is 0. The third-order valence-electron chi connectivity index (χ3n) is 1.34. The summed E-state index contributed by atoms with van der Waals surface area (Å²) in [4.78, 5) is 0. The number of hydrogen-bond acceptors (Lipinski definition) is 3. The molecule has 1 rings (SSSR count). The molecule has 54 valence electrons. The summed E-state index contributed by atoms with van der Waals surface area (Å²) in [6.07, 6.45) is -0.199.